The van der Waals surface area contributed by atoms with Crippen LogP contribution in [0.5, 0.6) is 0 Å². The fraction of sp³-hybridized carbons (Fsp3) is 0.707. The summed E-state index contributed by atoms with van der Waals surface area (Å²) in [7, 11) is -0.756. The maximum absolute atomic E-state index is 6.46. The summed E-state index contributed by atoms with van der Waals surface area (Å²) >= 11 is 0. The van der Waals surface area contributed by atoms with Crippen molar-refractivity contribution in [3.8, 4) is 0 Å². The van der Waals surface area contributed by atoms with Gasteiger partial charge < -0.3 is 23.2 Å². The lowest BCUT2D eigenvalue weighted by atomic mass is 9.78. The molecule has 7 heteroatoms. The highest BCUT2D eigenvalue weighted by Gasteiger charge is 2.53. The second-order valence-electron chi connectivity index (χ2n) is 16.8. The van der Waals surface area contributed by atoms with E-state index in [1.165, 1.54) is 118 Å². The summed E-state index contributed by atoms with van der Waals surface area (Å²) in [6.07, 6.45) is 20.6. The largest absolute Gasteiger partial charge is 0.494 e. The summed E-state index contributed by atoms with van der Waals surface area (Å²) in [5, 5.41) is 2.54. The van der Waals surface area contributed by atoms with Crippen molar-refractivity contribution in [2.24, 2.45) is 0 Å². The van der Waals surface area contributed by atoms with Gasteiger partial charge in [0.05, 0.1) is 22.4 Å². The summed E-state index contributed by atoms with van der Waals surface area (Å²) in [6.45, 7) is 20.2. The first-order valence-electron chi connectivity index (χ1n) is 19.5. The molecule has 2 saturated heterocycles. The molecule has 2 aromatic carbocycles. The predicted octanol–water partition coefficient (Wildman–Crippen LogP) is 10.3. The lowest BCUT2D eigenvalue weighted by Crippen LogP contribution is -2.41. The Hall–Kier alpha value is -1.79. The van der Waals surface area contributed by atoms with Gasteiger partial charge in [-0.05, 0) is 84.9 Å². The van der Waals surface area contributed by atoms with Crippen LogP contribution < -0.4 is 10.9 Å². The van der Waals surface area contributed by atoms with Crippen molar-refractivity contribution in [1.82, 2.24) is 4.57 Å². The van der Waals surface area contributed by atoms with Crippen LogP contribution >= 0.6 is 0 Å². The van der Waals surface area contributed by atoms with Crippen LogP contribution in [0.2, 0.25) is 0 Å². The zero-order valence-electron chi connectivity index (χ0n) is 32.0. The number of nitrogens with zero attached hydrogens (tertiary/aromatic N) is 1. The third kappa shape index (κ3) is 8.39. The zero-order chi connectivity index (χ0) is 34.6. The first-order chi connectivity index (χ1) is 22.8. The van der Waals surface area contributed by atoms with Gasteiger partial charge in [0.2, 0.25) is 0 Å². The highest BCUT2D eigenvalue weighted by molar-refractivity contribution is 6.63. The van der Waals surface area contributed by atoms with Gasteiger partial charge in [-0.15, -0.1) is 0 Å². The smallest absolute Gasteiger partial charge is 0.399 e. The van der Waals surface area contributed by atoms with E-state index in [1.807, 2.05) is 0 Å². The molecule has 2 fully saturated rings. The van der Waals surface area contributed by atoms with E-state index in [0.717, 1.165) is 17.5 Å². The molecule has 0 saturated carbocycles. The highest BCUT2D eigenvalue weighted by atomic mass is 16.7. The van der Waals surface area contributed by atoms with Crippen molar-refractivity contribution >= 4 is 47.0 Å². The number of rotatable bonds is 18. The van der Waals surface area contributed by atoms with Gasteiger partial charge in [-0.25, -0.2) is 0 Å². The fourth-order valence-electron chi connectivity index (χ4n) is 7.26. The molecule has 0 N–H and O–H groups in total. The Bertz CT molecular complexity index is 1370. The quantitative estimate of drug-likeness (QED) is 0.101. The van der Waals surface area contributed by atoms with Crippen LogP contribution in [0.3, 0.4) is 0 Å². The van der Waals surface area contributed by atoms with Gasteiger partial charge in [-0.3, -0.25) is 0 Å². The molecule has 5 rings (SSSR count). The number of aryl methyl sites for hydroxylation is 1. The van der Waals surface area contributed by atoms with Gasteiger partial charge in [-0.2, -0.15) is 0 Å². The summed E-state index contributed by atoms with van der Waals surface area (Å²) in [4.78, 5) is 0. The molecule has 2 aliphatic heterocycles. The molecule has 0 bridgehead atoms. The molecule has 0 spiro atoms. The Morgan fingerprint density at radius 1 is 0.458 bits per heavy atom. The van der Waals surface area contributed by atoms with Gasteiger partial charge in [0.25, 0.3) is 0 Å². The molecule has 0 atom stereocenters. The molecule has 3 heterocycles. The molecular weight excluding hydrogens is 592 g/mol. The van der Waals surface area contributed by atoms with E-state index in [9.17, 15) is 0 Å². The average Bonchev–Trinajstić information content (AvgIpc) is 3.54. The van der Waals surface area contributed by atoms with Crippen LogP contribution in [0.4, 0.5) is 0 Å². The van der Waals surface area contributed by atoms with Crippen LogP contribution in [0.1, 0.15) is 159 Å². The van der Waals surface area contributed by atoms with Crippen molar-refractivity contribution < 1.29 is 18.6 Å². The normalized spacial score (nSPS) is 19.7. The predicted molar refractivity (Wildman–Crippen MR) is 206 cm³/mol. The Morgan fingerprint density at radius 2 is 0.771 bits per heavy atom. The molecule has 2 aliphatic rings. The van der Waals surface area contributed by atoms with E-state index >= 15 is 0 Å². The van der Waals surface area contributed by atoms with E-state index in [0.29, 0.717) is 0 Å². The molecule has 5 nitrogen and oxygen atoms in total. The monoisotopic (exact) mass is 658 g/mol. The maximum Gasteiger partial charge on any atom is 0.494 e. The zero-order valence-corrected chi connectivity index (χ0v) is 32.0. The second kappa shape index (κ2) is 15.6. The summed E-state index contributed by atoms with van der Waals surface area (Å²) in [5.41, 5.74) is 3.16. The second-order valence-corrected chi connectivity index (χ2v) is 16.8. The molecule has 0 radical (unpaired) electrons. The van der Waals surface area contributed by atoms with Crippen molar-refractivity contribution in [3.63, 3.8) is 0 Å². The maximum atomic E-state index is 6.46. The van der Waals surface area contributed by atoms with E-state index in [1.54, 1.807) is 0 Å². The van der Waals surface area contributed by atoms with Gasteiger partial charge in [0.1, 0.15) is 0 Å². The number of fused-ring (bicyclic) bond motifs is 3. The van der Waals surface area contributed by atoms with Gasteiger partial charge in [0, 0.05) is 28.4 Å². The summed E-state index contributed by atoms with van der Waals surface area (Å²) in [5.74, 6) is 0. The van der Waals surface area contributed by atoms with Gasteiger partial charge >= 0.3 is 14.2 Å². The fourth-order valence-corrected chi connectivity index (χ4v) is 7.26. The van der Waals surface area contributed by atoms with E-state index in [2.05, 4.69) is 103 Å². The standard InChI is InChI=1S/C41H65B2NO4/c1-10-11-12-13-14-15-16-17-18-19-20-21-22-23-24-29-44-36-30-32(42-45-38(2,3)39(4,5)46-42)25-27-34(36)35-28-26-33(31-37(35)44)43-47-40(6,7)41(8,9)48-43/h25-28,30-31H,10-24,29H2,1-9H3. The summed E-state index contributed by atoms with van der Waals surface area (Å²) < 4.78 is 28.4. The van der Waals surface area contributed by atoms with Crippen LogP contribution in [0, 0.1) is 0 Å². The van der Waals surface area contributed by atoms with Crippen molar-refractivity contribution in [1.29, 1.82) is 0 Å². The highest BCUT2D eigenvalue weighted by Crippen LogP contribution is 2.39. The Balaban J connectivity index is 1.24. The van der Waals surface area contributed by atoms with Gasteiger partial charge in [-0.1, -0.05) is 121 Å². The molecule has 48 heavy (non-hydrogen) atoms. The number of aromatic nitrogens is 1. The van der Waals surface area contributed by atoms with Gasteiger partial charge in [0.15, 0.2) is 0 Å². The average molecular weight is 658 g/mol. The topological polar surface area (TPSA) is 41.9 Å². The molecule has 1 aromatic heterocycles. The minimum atomic E-state index is -0.378. The molecule has 0 aliphatic carbocycles. The van der Waals surface area contributed by atoms with Crippen LogP contribution in [0.15, 0.2) is 36.4 Å². The summed E-state index contributed by atoms with van der Waals surface area (Å²) in [6, 6.07) is 13.5. The van der Waals surface area contributed by atoms with E-state index in [4.69, 9.17) is 18.6 Å². The van der Waals surface area contributed by atoms with Crippen LogP contribution in [-0.4, -0.2) is 41.2 Å². The Morgan fingerprint density at radius 3 is 1.10 bits per heavy atom. The molecular formula is C41H65B2NO4. The first kappa shape index (κ1) is 37.5. The first-order valence-corrected chi connectivity index (χ1v) is 19.5. The minimum absolute atomic E-state index is 0.370. The number of hydrogen-bond donors (Lipinski definition) is 0. The van der Waals surface area contributed by atoms with E-state index in [-0.39, 0.29) is 36.6 Å². The third-order valence-electron chi connectivity index (χ3n) is 12.0. The SMILES string of the molecule is CCCCCCCCCCCCCCCCCn1c2cc(B3OC(C)(C)C(C)(C)O3)ccc2c2ccc(B3OC(C)(C)C(C)(C)O3)cc21. The van der Waals surface area contributed by atoms with Crippen molar-refractivity contribution in [2.75, 3.05) is 0 Å². The van der Waals surface area contributed by atoms with Crippen LogP contribution in [0.25, 0.3) is 21.8 Å². The van der Waals surface area contributed by atoms with Crippen molar-refractivity contribution in [2.45, 2.75) is 188 Å². The molecule has 264 valence electrons. The van der Waals surface area contributed by atoms with E-state index < -0.39 is 0 Å². The Labute approximate surface area is 293 Å². The Kier molecular flexibility index (Phi) is 12.2. The number of unbranched alkanes of at least 4 members (excludes halogenated alkanes) is 14. The molecule has 0 unspecified atom stereocenters. The number of hydrogen-bond acceptors (Lipinski definition) is 4. The van der Waals surface area contributed by atoms with Crippen molar-refractivity contribution in [3.05, 3.63) is 36.4 Å². The minimum Gasteiger partial charge on any atom is -0.399 e. The number of benzene rings is 2. The lowest BCUT2D eigenvalue weighted by Gasteiger charge is -2.32. The molecule has 3 aromatic rings. The van der Waals surface area contributed by atoms with Crippen LogP contribution in [-0.2, 0) is 25.2 Å². The lowest BCUT2D eigenvalue weighted by molar-refractivity contribution is 0.00578. The molecule has 0 amide bonds. The third-order valence-corrected chi connectivity index (χ3v) is 12.0.